The molecule has 1 amide bonds. The van der Waals surface area contributed by atoms with Crippen LogP contribution in [0.4, 0.5) is 11.4 Å². The van der Waals surface area contributed by atoms with Crippen molar-refractivity contribution in [2.75, 3.05) is 11.1 Å². The van der Waals surface area contributed by atoms with E-state index in [4.69, 9.17) is 11.5 Å². The third-order valence-corrected chi connectivity index (χ3v) is 3.09. The molecule has 1 atom stereocenters. The molecule has 2 aromatic rings. The molecule has 5 heteroatoms. The predicted molar refractivity (Wildman–Crippen MR) is 77.6 cm³/mol. The maximum Gasteiger partial charge on any atom is 0.240 e. The lowest BCUT2D eigenvalue weighted by Crippen LogP contribution is -2.39. The van der Waals surface area contributed by atoms with E-state index in [0.29, 0.717) is 5.69 Å². The van der Waals surface area contributed by atoms with E-state index >= 15 is 0 Å². The minimum absolute atomic E-state index is 0.0915. The van der Waals surface area contributed by atoms with Crippen molar-refractivity contribution in [1.29, 1.82) is 0 Å². The summed E-state index contributed by atoms with van der Waals surface area (Å²) in [5.41, 5.74) is 13.5. The molecule has 2 rings (SSSR count). The number of nitrogen functional groups attached to an aromatic ring is 1. The van der Waals surface area contributed by atoms with Crippen LogP contribution in [0.1, 0.15) is 13.8 Å². The Morgan fingerprint density at radius 3 is 2.68 bits per heavy atom. The minimum Gasteiger partial charge on any atom is -0.398 e. The fourth-order valence-electron chi connectivity index (χ4n) is 2.05. The molecule has 100 valence electrons. The minimum atomic E-state index is -0.436. The van der Waals surface area contributed by atoms with Gasteiger partial charge in [0.25, 0.3) is 0 Å². The number of hydrogen-bond acceptors (Lipinski definition) is 4. The van der Waals surface area contributed by atoms with E-state index in [-0.39, 0.29) is 11.8 Å². The number of benzene rings is 1. The van der Waals surface area contributed by atoms with Gasteiger partial charge in [-0.1, -0.05) is 13.8 Å². The second-order valence-corrected chi connectivity index (χ2v) is 4.87. The van der Waals surface area contributed by atoms with Crippen LogP contribution in [0.5, 0.6) is 0 Å². The molecule has 0 fully saturated rings. The number of carbonyl (C=O) groups excluding carboxylic acids is 1. The Morgan fingerprint density at radius 1 is 1.32 bits per heavy atom. The number of carbonyl (C=O) groups is 1. The van der Waals surface area contributed by atoms with Gasteiger partial charge in [0.15, 0.2) is 0 Å². The van der Waals surface area contributed by atoms with E-state index in [9.17, 15) is 4.79 Å². The first kappa shape index (κ1) is 13.1. The van der Waals surface area contributed by atoms with Gasteiger partial charge >= 0.3 is 0 Å². The van der Waals surface area contributed by atoms with Crippen molar-refractivity contribution < 1.29 is 4.79 Å². The number of aromatic nitrogens is 1. The van der Waals surface area contributed by atoms with Crippen LogP contribution >= 0.6 is 0 Å². The summed E-state index contributed by atoms with van der Waals surface area (Å²) < 4.78 is 0. The molecule has 0 aliphatic rings. The van der Waals surface area contributed by atoms with Crippen molar-refractivity contribution >= 4 is 28.2 Å². The number of nitrogens with one attached hydrogen (secondary N) is 1. The molecule has 1 heterocycles. The van der Waals surface area contributed by atoms with Crippen molar-refractivity contribution in [2.24, 2.45) is 11.7 Å². The van der Waals surface area contributed by atoms with Crippen molar-refractivity contribution in [3.05, 3.63) is 30.5 Å². The Bertz CT molecular complexity index is 609. The summed E-state index contributed by atoms with van der Waals surface area (Å²) in [6.07, 6.45) is 1.70. The highest BCUT2D eigenvalue weighted by Crippen LogP contribution is 2.27. The smallest absolute Gasteiger partial charge is 0.240 e. The van der Waals surface area contributed by atoms with Gasteiger partial charge in [-0.3, -0.25) is 9.78 Å². The van der Waals surface area contributed by atoms with E-state index in [0.717, 1.165) is 16.6 Å². The summed E-state index contributed by atoms with van der Waals surface area (Å²) in [5, 5.41) is 4.02. The van der Waals surface area contributed by atoms with Gasteiger partial charge in [-0.15, -0.1) is 0 Å². The molecule has 19 heavy (non-hydrogen) atoms. The zero-order chi connectivity index (χ0) is 14.0. The molecule has 5 N–H and O–H groups in total. The number of rotatable bonds is 4. The largest absolute Gasteiger partial charge is 0.398 e. The topological polar surface area (TPSA) is 94.0 Å². The first-order valence-electron chi connectivity index (χ1n) is 6.19. The number of pyridine rings is 1. The Hall–Kier alpha value is -2.30. The molecule has 1 aromatic heterocycles. The highest BCUT2D eigenvalue weighted by Gasteiger charge is 2.20. The normalized spacial score (nSPS) is 12.6. The van der Waals surface area contributed by atoms with Gasteiger partial charge in [0, 0.05) is 17.3 Å². The van der Waals surface area contributed by atoms with Crippen LogP contribution in [0, 0.1) is 5.92 Å². The standard InChI is InChI=1S/C14H18N4O/c1-8(2)12(14(16)19)18-11-6-5-10(15)9-4-3-7-17-13(9)11/h3-8,12,18H,15H2,1-2H3,(H2,16,19). The molecule has 0 bridgehead atoms. The number of fused-ring (bicyclic) bond motifs is 1. The quantitative estimate of drug-likeness (QED) is 0.728. The average Bonchev–Trinajstić information content (AvgIpc) is 2.37. The summed E-state index contributed by atoms with van der Waals surface area (Å²) in [5.74, 6) is -0.287. The van der Waals surface area contributed by atoms with Gasteiger partial charge in [-0.2, -0.15) is 0 Å². The molecule has 0 spiro atoms. The van der Waals surface area contributed by atoms with Crippen LogP contribution in [0.3, 0.4) is 0 Å². The molecule has 0 saturated heterocycles. The van der Waals surface area contributed by atoms with E-state index in [1.165, 1.54) is 0 Å². The lowest BCUT2D eigenvalue weighted by molar-refractivity contribution is -0.119. The lowest BCUT2D eigenvalue weighted by atomic mass is 10.0. The third-order valence-electron chi connectivity index (χ3n) is 3.09. The SMILES string of the molecule is CC(C)C(Nc1ccc(N)c2cccnc12)C(N)=O. The molecule has 0 radical (unpaired) electrons. The van der Waals surface area contributed by atoms with E-state index in [2.05, 4.69) is 10.3 Å². The molecular formula is C14H18N4O. The number of nitrogens with two attached hydrogens (primary N) is 2. The van der Waals surface area contributed by atoms with Gasteiger partial charge in [0.2, 0.25) is 5.91 Å². The summed E-state index contributed by atoms with van der Waals surface area (Å²) in [4.78, 5) is 15.8. The summed E-state index contributed by atoms with van der Waals surface area (Å²) in [6.45, 7) is 3.88. The van der Waals surface area contributed by atoms with Crippen LogP contribution in [-0.4, -0.2) is 16.9 Å². The number of hydrogen-bond donors (Lipinski definition) is 3. The lowest BCUT2D eigenvalue weighted by Gasteiger charge is -2.21. The van der Waals surface area contributed by atoms with E-state index < -0.39 is 6.04 Å². The Morgan fingerprint density at radius 2 is 2.05 bits per heavy atom. The number of amides is 1. The van der Waals surface area contributed by atoms with Crippen molar-refractivity contribution in [3.63, 3.8) is 0 Å². The predicted octanol–water partition coefficient (Wildman–Crippen LogP) is 1.74. The molecule has 0 aliphatic carbocycles. The fraction of sp³-hybridized carbons (Fsp3) is 0.286. The molecule has 0 aliphatic heterocycles. The first-order chi connectivity index (χ1) is 9.00. The summed E-state index contributed by atoms with van der Waals surface area (Å²) >= 11 is 0. The zero-order valence-electron chi connectivity index (χ0n) is 11.1. The summed E-state index contributed by atoms with van der Waals surface area (Å²) in [7, 11) is 0. The monoisotopic (exact) mass is 258 g/mol. The van der Waals surface area contributed by atoms with E-state index in [1.807, 2.05) is 32.0 Å². The Labute approximate surface area is 112 Å². The van der Waals surface area contributed by atoms with Gasteiger partial charge < -0.3 is 16.8 Å². The van der Waals surface area contributed by atoms with Gasteiger partial charge in [0.1, 0.15) is 6.04 Å². The van der Waals surface area contributed by atoms with Crippen LogP contribution < -0.4 is 16.8 Å². The third kappa shape index (κ3) is 2.59. The van der Waals surface area contributed by atoms with Crippen LogP contribution in [-0.2, 0) is 4.79 Å². The molecule has 1 aromatic carbocycles. The highest BCUT2D eigenvalue weighted by atomic mass is 16.1. The van der Waals surface area contributed by atoms with Gasteiger partial charge in [-0.25, -0.2) is 0 Å². The molecule has 0 saturated carbocycles. The zero-order valence-corrected chi connectivity index (χ0v) is 11.1. The Kier molecular flexibility index (Phi) is 3.55. The Balaban J connectivity index is 2.46. The molecule has 1 unspecified atom stereocenters. The second-order valence-electron chi connectivity index (χ2n) is 4.87. The summed E-state index contributed by atoms with van der Waals surface area (Å²) in [6, 6.07) is 6.91. The van der Waals surface area contributed by atoms with Crippen molar-refractivity contribution in [1.82, 2.24) is 4.98 Å². The van der Waals surface area contributed by atoms with Gasteiger partial charge in [-0.05, 0) is 30.2 Å². The fourth-order valence-corrected chi connectivity index (χ4v) is 2.05. The molecular weight excluding hydrogens is 240 g/mol. The first-order valence-corrected chi connectivity index (χ1v) is 6.19. The van der Waals surface area contributed by atoms with Crippen LogP contribution in [0.25, 0.3) is 10.9 Å². The van der Waals surface area contributed by atoms with Crippen molar-refractivity contribution in [3.8, 4) is 0 Å². The second kappa shape index (κ2) is 5.14. The van der Waals surface area contributed by atoms with Crippen LogP contribution in [0.2, 0.25) is 0 Å². The maximum absolute atomic E-state index is 11.5. The average molecular weight is 258 g/mol. The van der Waals surface area contributed by atoms with Gasteiger partial charge in [0.05, 0.1) is 11.2 Å². The maximum atomic E-state index is 11.5. The van der Waals surface area contributed by atoms with Crippen LogP contribution in [0.15, 0.2) is 30.5 Å². The van der Waals surface area contributed by atoms with E-state index in [1.54, 1.807) is 12.3 Å². The molecule has 5 nitrogen and oxygen atoms in total. The number of anilines is 2. The number of nitrogens with zero attached hydrogens (tertiary/aromatic N) is 1. The highest BCUT2D eigenvalue weighted by molar-refractivity contribution is 5.99. The number of primary amides is 1. The van der Waals surface area contributed by atoms with Crippen molar-refractivity contribution in [2.45, 2.75) is 19.9 Å².